The third-order valence-corrected chi connectivity index (χ3v) is 4.09. The fourth-order valence-electron chi connectivity index (χ4n) is 1.67. The maximum Gasteiger partial charge on any atom is 0.144 e. The van der Waals surface area contributed by atoms with Gasteiger partial charge >= 0.3 is 0 Å². The highest BCUT2D eigenvalue weighted by molar-refractivity contribution is 7.85. The Balaban J connectivity index is 2.43. The minimum Gasteiger partial charge on any atom is -0.390 e. The van der Waals surface area contributed by atoms with E-state index in [2.05, 4.69) is 4.40 Å². The van der Waals surface area contributed by atoms with E-state index in [1.807, 2.05) is 20.8 Å². The van der Waals surface area contributed by atoms with Crippen LogP contribution in [-0.2, 0) is 11.0 Å². The van der Waals surface area contributed by atoms with Crippen molar-refractivity contribution in [3.63, 3.8) is 0 Å². The highest BCUT2D eigenvalue weighted by Gasteiger charge is 2.30. The molecule has 0 radical (unpaired) electrons. The molecule has 1 aliphatic rings. The molecule has 88 valence electrons. The average Bonchev–Trinajstić information content (AvgIpc) is 2.50. The van der Waals surface area contributed by atoms with Crippen molar-refractivity contribution in [3.8, 4) is 0 Å². The van der Waals surface area contributed by atoms with Crippen LogP contribution in [0.15, 0.2) is 4.40 Å². The van der Waals surface area contributed by atoms with Crippen LogP contribution in [0.1, 0.15) is 52.9 Å². The standard InChI is InChI=1S/C11H21NO2S/c1-10(2,3)15(14)12-9-8-11(13)6-4-5-7-11/h9,13H,4-8H2,1-3H3/t15-/m1/s1. The van der Waals surface area contributed by atoms with Gasteiger partial charge in [-0.15, -0.1) is 0 Å². The zero-order valence-electron chi connectivity index (χ0n) is 9.82. The molecular weight excluding hydrogens is 210 g/mol. The molecule has 1 N–H and O–H groups in total. The zero-order valence-corrected chi connectivity index (χ0v) is 10.6. The van der Waals surface area contributed by atoms with Crippen LogP contribution in [0, 0.1) is 0 Å². The van der Waals surface area contributed by atoms with E-state index in [0.717, 1.165) is 25.7 Å². The summed E-state index contributed by atoms with van der Waals surface area (Å²) in [6.45, 7) is 5.68. The number of hydrogen-bond acceptors (Lipinski definition) is 2. The van der Waals surface area contributed by atoms with E-state index in [1.54, 1.807) is 6.21 Å². The van der Waals surface area contributed by atoms with E-state index < -0.39 is 16.6 Å². The quantitative estimate of drug-likeness (QED) is 0.757. The van der Waals surface area contributed by atoms with Crippen LogP contribution >= 0.6 is 0 Å². The summed E-state index contributed by atoms with van der Waals surface area (Å²) in [5, 5.41) is 10.0. The van der Waals surface area contributed by atoms with Gasteiger partial charge in [0.2, 0.25) is 0 Å². The van der Waals surface area contributed by atoms with Crippen molar-refractivity contribution in [2.75, 3.05) is 0 Å². The Labute approximate surface area is 94.6 Å². The predicted molar refractivity (Wildman–Crippen MR) is 64.4 cm³/mol. The van der Waals surface area contributed by atoms with Gasteiger partial charge in [0, 0.05) is 12.6 Å². The molecule has 1 rings (SSSR count). The van der Waals surface area contributed by atoms with Gasteiger partial charge < -0.3 is 5.11 Å². The number of aliphatic hydroxyl groups is 1. The van der Waals surface area contributed by atoms with Crippen molar-refractivity contribution in [2.45, 2.75) is 63.2 Å². The molecule has 0 aromatic carbocycles. The topological polar surface area (TPSA) is 49.7 Å². The summed E-state index contributed by atoms with van der Waals surface area (Å²) in [4.78, 5) is 0. The predicted octanol–water partition coefficient (Wildman–Crippen LogP) is 2.21. The summed E-state index contributed by atoms with van der Waals surface area (Å²) in [5.74, 6) is 0. The summed E-state index contributed by atoms with van der Waals surface area (Å²) < 4.78 is 15.3. The lowest BCUT2D eigenvalue weighted by molar-refractivity contribution is 0.0566. The Morgan fingerprint density at radius 2 is 1.93 bits per heavy atom. The van der Waals surface area contributed by atoms with Gasteiger partial charge in [-0.05, 0) is 33.6 Å². The number of hydrogen-bond donors (Lipinski definition) is 1. The van der Waals surface area contributed by atoms with Gasteiger partial charge in [0.25, 0.3) is 0 Å². The smallest absolute Gasteiger partial charge is 0.144 e. The molecule has 1 fully saturated rings. The summed E-state index contributed by atoms with van der Waals surface area (Å²) >= 11 is 0. The van der Waals surface area contributed by atoms with E-state index in [0.29, 0.717) is 6.42 Å². The molecule has 0 amide bonds. The minimum absolute atomic E-state index is 0.311. The van der Waals surface area contributed by atoms with Crippen LogP contribution in [0.5, 0.6) is 0 Å². The van der Waals surface area contributed by atoms with Crippen molar-refractivity contribution in [2.24, 2.45) is 4.40 Å². The highest BCUT2D eigenvalue weighted by atomic mass is 32.2. The Bertz CT molecular complexity index is 262. The Morgan fingerprint density at radius 1 is 1.40 bits per heavy atom. The molecule has 15 heavy (non-hydrogen) atoms. The minimum atomic E-state index is -1.20. The monoisotopic (exact) mass is 231 g/mol. The van der Waals surface area contributed by atoms with Crippen LogP contribution in [0.2, 0.25) is 0 Å². The largest absolute Gasteiger partial charge is 0.390 e. The third kappa shape index (κ3) is 4.03. The average molecular weight is 231 g/mol. The van der Waals surface area contributed by atoms with Crippen molar-refractivity contribution in [1.29, 1.82) is 0 Å². The molecule has 0 spiro atoms. The molecular formula is C11H21NO2S. The lowest BCUT2D eigenvalue weighted by Crippen LogP contribution is -2.25. The third-order valence-electron chi connectivity index (χ3n) is 2.70. The highest BCUT2D eigenvalue weighted by Crippen LogP contribution is 2.31. The first-order valence-corrected chi connectivity index (χ1v) is 6.61. The van der Waals surface area contributed by atoms with Crippen LogP contribution in [-0.4, -0.2) is 25.9 Å². The van der Waals surface area contributed by atoms with E-state index >= 15 is 0 Å². The normalized spacial score (nSPS) is 23.5. The molecule has 0 aliphatic heterocycles. The molecule has 1 atom stereocenters. The molecule has 0 unspecified atom stereocenters. The van der Waals surface area contributed by atoms with Crippen molar-refractivity contribution >= 4 is 17.2 Å². The van der Waals surface area contributed by atoms with Gasteiger partial charge in [-0.2, -0.15) is 4.40 Å². The van der Waals surface area contributed by atoms with Gasteiger partial charge in [0.05, 0.1) is 10.3 Å². The molecule has 1 saturated carbocycles. The van der Waals surface area contributed by atoms with E-state index in [9.17, 15) is 9.32 Å². The SMILES string of the molecule is CC(C)(C)[S@@](=O)N=CCC1(O)CCCC1. The van der Waals surface area contributed by atoms with Crippen molar-refractivity contribution in [1.82, 2.24) is 0 Å². The molecule has 4 heteroatoms. The second-order valence-electron chi connectivity index (χ2n) is 5.29. The van der Waals surface area contributed by atoms with Gasteiger partial charge in [-0.25, -0.2) is 4.21 Å². The first-order valence-electron chi connectivity index (χ1n) is 5.50. The first-order chi connectivity index (χ1) is 6.83. The first kappa shape index (κ1) is 12.8. The van der Waals surface area contributed by atoms with E-state index in [4.69, 9.17) is 0 Å². The second-order valence-corrected chi connectivity index (χ2v) is 7.22. The van der Waals surface area contributed by atoms with Crippen molar-refractivity contribution in [3.05, 3.63) is 0 Å². The fraction of sp³-hybridized carbons (Fsp3) is 0.909. The molecule has 3 nitrogen and oxygen atoms in total. The van der Waals surface area contributed by atoms with Crippen LogP contribution in [0.25, 0.3) is 0 Å². The molecule has 0 bridgehead atoms. The fourth-order valence-corrected chi connectivity index (χ4v) is 2.20. The van der Waals surface area contributed by atoms with Gasteiger partial charge in [0.15, 0.2) is 0 Å². The number of rotatable bonds is 3. The molecule has 0 aromatic heterocycles. The molecule has 0 aromatic rings. The number of nitrogens with zero attached hydrogens (tertiary/aromatic N) is 1. The molecule has 0 saturated heterocycles. The Hall–Kier alpha value is -0.220. The van der Waals surface area contributed by atoms with Gasteiger partial charge in [0.1, 0.15) is 11.0 Å². The molecule has 0 heterocycles. The Morgan fingerprint density at radius 3 is 2.40 bits per heavy atom. The maximum absolute atomic E-state index is 11.6. The Kier molecular flexibility index (Phi) is 4.06. The van der Waals surface area contributed by atoms with Gasteiger partial charge in [-0.3, -0.25) is 0 Å². The lowest BCUT2D eigenvalue weighted by atomic mass is 9.99. The second kappa shape index (κ2) is 4.74. The van der Waals surface area contributed by atoms with Crippen LogP contribution in [0.4, 0.5) is 0 Å². The van der Waals surface area contributed by atoms with Crippen LogP contribution in [0.3, 0.4) is 0 Å². The van der Waals surface area contributed by atoms with E-state index in [1.165, 1.54) is 0 Å². The summed E-state index contributed by atoms with van der Waals surface area (Å²) in [6.07, 6.45) is 6.04. The maximum atomic E-state index is 11.6. The zero-order chi connectivity index (χ0) is 11.5. The summed E-state index contributed by atoms with van der Waals surface area (Å²) in [7, 11) is -1.20. The van der Waals surface area contributed by atoms with Crippen LogP contribution < -0.4 is 0 Å². The van der Waals surface area contributed by atoms with Crippen molar-refractivity contribution < 1.29 is 9.32 Å². The summed E-state index contributed by atoms with van der Waals surface area (Å²) in [6, 6.07) is 0. The van der Waals surface area contributed by atoms with E-state index in [-0.39, 0.29) is 4.75 Å². The van der Waals surface area contributed by atoms with Gasteiger partial charge in [-0.1, -0.05) is 12.8 Å². The summed E-state index contributed by atoms with van der Waals surface area (Å²) in [5.41, 5.74) is -0.578. The molecule has 1 aliphatic carbocycles. The lowest BCUT2D eigenvalue weighted by Gasteiger charge is -2.19.